The lowest BCUT2D eigenvalue weighted by Gasteiger charge is -2.35. The van der Waals surface area contributed by atoms with E-state index in [9.17, 15) is 18.7 Å². The Balaban J connectivity index is 1.63. The first-order valence-corrected chi connectivity index (χ1v) is 11.8. The minimum absolute atomic E-state index is 0.172. The molecule has 2 atom stereocenters. The van der Waals surface area contributed by atoms with Gasteiger partial charge < -0.3 is 10.4 Å². The summed E-state index contributed by atoms with van der Waals surface area (Å²) in [6.45, 7) is 3.05. The fourth-order valence-electron chi connectivity index (χ4n) is 3.56. The van der Waals surface area contributed by atoms with Crippen molar-refractivity contribution in [2.75, 3.05) is 0 Å². The molecule has 2 heterocycles. The fourth-order valence-corrected chi connectivity index (χ4v) is 4.80. The first kappa shape index (κ1) is 24.1. The number of hydrogen-bond acceptors (Lipinski definition) is 6. The molecule has 2 aromatic heterocycles. The van der Waals surface area contributed by atoms with E-state index in [0.29, 0.717) is 21.6 Å². The number of aliphatic hydroxyl groups is 1. The van der Waals surface area contributed by atoms with E-state index in [1.807, 2.05) is 24.3 Å². The van der Waals surface area contributed by atoms with E-state index in [4.69, 9.17) is 0 Å². The molecule has 34 heavy (non-hydrogen) atoms. The van der Waals surface area contributed by atoms with Crippen LogP contribution in [0.4, 0.5) is 8.78 Å². The molecule has 2 aromatic carbocycles. The van der Waals surface area contributed by atoms with Crippen molar-refractivity contribution in [1.29, 1.82) is 0 Å². The van der Waals surface area contributed by atoms with Gasteiger partial charge in [-0.2, -0.15) is 5.10 Å². The van der Waals surface area contributed by atoms with Crippen molar-refractivity contribution in [3.63, 3.8) is 0 Å². The lowest BCUT2D eigenvalue weighted by Crippen LogP contribution is -2.51. The Morgan fingerprint density at radius 1 is 1.26 bits per heavy atom. The van der Waals surface area contributed by atoms with Crippen LogP contribution in [0.2, 0.25) is 0 Å². The molecule has 4 rings (SSSR count). The van der Waals surface area contributed by atoms with Crippen LogP contribution in [0.25, 0.3) is 10.6 Å². The number of thiazole rings is 1. The van der Waals surface area contributed by atoms with Crippen LogP contribution < -0.4 is 5.32 Å². The van der Waals surface area contributed by atoms with E-state index in [0.717, 1.165) is 22.2 Å². The smallest absolute Gasteiger partial charge is 0.263 e. The third-order valence-corrected chi connectivity index (χ3v) is 7.16. The molecule has 0 unspecified atom stereocenters. The van der Waals surface area contributed by atoms with Gasteiger partial charge in [0, 0.05) is 21.7 Å². The van der Waals surface area contributed by atoms with E-state index in [-0.39, 0.29) is 12.1 Å². The van der Waals surface area contributed by atoms with Gasteiger partial charge in [0.2, 0.25) is 0 Å². The number of aromatic nitrogens is 4. The number of carbonyl (C=O) groups excluding carboxylic acids is 1. The Hall–Kier alpha value is -3.02. The maximum atomic E-state index is 14.7. The Bertz CT molecular complexity index is 1310. The van der Waals surface area contributed by atoms with Crippen LogP contribution in [-0.2, 0) is 12.1 Å². The van der Waals surface area contributed by atoms with Crippen molar-refractivity contribution in [3.8, 4) is 10.6 Å². The molecule has 0 aliphatic rings. The second-order valence-corrected chi connectivity index (χ2v) is 9.69. The lowest BCUT2D eigenvalue weighted by atomic mass is 9.86. The Labute approximate surface area is 206 Å². The summed E-state index contributed by atoms with van der Waals surface area (Å²) in [4.78, 5) is 21.9. The number of carbonyl (C=O) groups is 1. The first-order valence-electron chi connectivity index (χ1n) is 10.2. The predicted octanol–water partition coefficient (Wildman–Crippen LogP) is 4.46. The fraction of sp³-hybridized carbons (Fsp3) is 0.217. The zero-order chi connectivity index (χ0) is 24.5. The molecule has 4 aromatic rings. The van der Waals surface area contributed by atoms with Gasteiger partial charge in [-0.25, -0.2) is 23.4 Å². The van der Waals surface area contributed by atoms with Gasteiger partial charge in [-0.15, -0.1) is 11.3 Å². The summed E-state index contributed by atoms with van der Waals surface area (Å²) in [6.07, 6.45) is 2.63. The van der Waals surface area contributed by atoms with Gasteiger partial charge in [0.25, 0.3) is 5.91 Å². The molecule has 2 N–H and O–H groups in total. The third kappa shape index (κ3) is 4.91. The Kier molecular flexibility index (Phi) is 6.87. The van der Waals surface area contributed by atoms with Crippen LogP contribution in [-0.4, -0.2) is 36.8 Å². The minimum atomic E-state index is -1.95. The normalized spacial score (nSPS) is 13.9. The summed E-state index contributed by atoms with van der Waals surface area (Å²) >= 11 is 4.61. The van der Waals surface area contributed by atoms with Crippen LogP contribution in [0.3, 0.4) is 0 Å². The summed E-state index contributed by atoms with van der Waals surface area (Å²) in [7, 11) is 0. The average Bonchev–Trinajstić information content (AvgIpc) is 3.43. The average molecular weight is 548 g/mol. The van der Waals surface area contributed by atoms with Crippen molar-refractivity contribution < 1.29 is 18.7 Å². The lowest BCUT2D eigenvalue weighted by molar-refractivity contribution is -0.0185. The second kappa shape index (κ2) is 9.69. The number of rotatable bonds is 7. The summed E-state index contributed by atoms with van der Waals surface area (Å²) in [5.74, 6) is -2.18. The van der Waals surface area contributed by atoms with Crippen molar-refractivity contribution in [2.24, 2.45) is 0 Å². The molecule has 7 nitrogen and oxygen atoms in total. The number of hydrogen-bond donors (Lipinski definition) is 2. The molecule has 0 radical (unpaired) electrons. The van der Waals surface area contributed by atoms with Crippen molar-refractivity contribution in [3.05, 3.63) is 87.4 Å². The number of nitrogens with one attached hydrogen (secondary N) is 1. The van der Waals surface area contributed by atoms with Gasteiger partial charge in [0.1, 0.15) is 39.8 Å². The van der Waals surface area contributed by atoms with Crippen molar-refractivity contribution in [1.82, 2.24) is 25.1 Å². The highest BCUT2D eigenvalue weighted by atomic mass is 79.9. The molecule has 0 aliphatic carbocycles. The zero-order valence-corrected chi connectivity index (χ0v) is 20.6. The van der Waals surface area contributed by atoms with Crippen LogP contribution in [0.5, 0.6) is 0 Å². The molecular weight excluding hydrogens is 528 g/mol. The van der Waals surface area contributed by atoms with Gasteiger partial charge in [-0.1, -0.05) is 34.1 Å². The molecule has 0 saturated carbocycles. The molecule has 0 fully saturated rings. The number of nitrogens with zero attached hydrogens (tertiary/aromatic N) is 4. The van der Waals surface area contributed by atoms with E-state index < -0.39 is 29.2 Å². The van der Waals surface area contributed by atoms with Crippen LogP contribution in [0.1, 0.15) is 27.9 Å². The maximum absolute atomic E-state index is 14.7. The Morgan fingerprint density at radius 3 is 2.65 bits per heavy atom. The molecule has 11 heteroatoms. The molecule has 0 spiro atoms. The molecule has 176 valence electrons. The number of halogens is 3. The first-order chi connectivity index (χ1) is 16.2. The molecule has 1 amide bonds. The van der Waals surface area contributed by atoms with E-state index in [1.165, 1.54) is 28.7 Å². The van der Waals surface area contributed by atoms with E-state index in [1.54, 1.807) is 13.8 Å². The van der Waals surface area contributed by atoms with Crippen molar-refractivity contribution in [2.45, 2.75) is 32.0 Å². The second-order valence-electron chi connectivity index (χ2n) is 7.78. The highest BCUT2D eigenvalue weighted by molar-refractivity contribution is 9.10. The van der Waals surface area contributed by atoms with E-state index >= 15 is 0 Å². The largest absolute Gasteiger partial charge is 0.381 e. The van der Waals surface area contributed by atoms with Crippen molar-refractivity contribution >= 4 is 33.2 Å². The van der Waals surface area contributed by atoms with Gasteiger partial charge in [0.15, 0.2) is 0 Å². The summed E-state index contributed by atoms with van der Waals surface area (Å²) in [5.41, 5.74) is -0.734. The van der Waals surface area contributed by atoms with Gasteiger partial charge in [0.05, 0.1) is 18.3 Å². The van der Waals surface area contributed by atoms with Gasteiger partial charge >= 0.3 is 0 Å². The van der Waals surface area contributed by atoms with Gasteiger partial charge in [-0.05, 0) is 32.0 Å². The van der Waals surface area contributed by atoms with Crippen LogP contribution >= 0.6 is 27.3 Å². The number of benzene rings is 2. The SMILES string of the molecule is Cc1nc(-c2ccc(Br)cc2)sc1C(=O)N[C@H](C)[C@](O)(Cn1cncn1)c1ccc(F)cc1F. The predicted molar refractivity (Wildman–Crippen MR) is 127 cm³/mol. The standard InChI is InChI=1S/C23H20BrF2N5O2S/c1-13-20(34-22(29-13)15-3-5-16(24)6-4-15)21(32)30-14(2)23(33,10-31-12-27-11-28-31)18-8-7-17(25)9-19(18)26/h3-9,11-12,14,33H,10H2,1-2H3,(H,30,32)/t14-,23-/m1/s1. The summed E-state index contributed by atoms with van der Waals surface area (Å²) in [5, 5.41) is 19.0. The summed E-state index contributed by atoms with van der Waals surface area (Å²) < 4.78 is 30.5. The molecule has 0 saturated heterocycles. The quantitative estimate of drug-likeness (QED) is 0.356. The number of aryl methyl sites for hydroxylation is 1. The maximum Gasteiger partial charge on any atom is 0.263 e. The molecule has 0 bridgehead atoms. The number of amides is 1. The zero-order valence-electron chi connectivity index (χ0n) is 18.2. The monoisotopic (exact) mass is 547 g/mol. The molecule has 0 aliphatic heterocycles. The minimum Gasteiger partial charge on any atom is -0.381 e. The van der Waals surface area contributed by atoms with Gasteiger partial charge in [-0.3, -0.25) is 4.79 Å². The van der Waals surface area contributed by atoms with Crippen LogP contribution in [0.15, 0.2) is 59.6 Å². The third-order valence-electron chi connectivity index (χ3n) is 5.43. The summed E-state index contributed by atoms with van der Waals surface area (Å²) in [6, 6.07) is 9.47. The highest BCUT2D eigenvalue weighted by Gasteiger charge is 2.40. The topological polar surface area (TPSA) is 92.9 Å². The highest BCUT2D eigenvalue weighted by Crippen LogP contribution is 2.32. The van der Waals surface area contributed by atoms with E-state index in [2.05, 4.69) is 36.3 Å². The van der Waals surface area contributed by atoms with Crippen LogP contribution in [0, 0.1) is 18.6 Å². The Morgan fingerprint density at radius 2 is 2.00 bits per heavy atom. The molecular formula is C23H20BrF2N5O2S.